The van der Waals surface area contributed by atoms with E-state index in [1.165, 1.54) is 12.8 Å². The maximum absolute atomic E-state index is 5.59. The fourth-order valence-electron chi connectivity index (χ4n) is 1.45. The van der Waals surface area contributed by atoms with Gasteiger partial charge < -0.3 is 16.4 Å². The summed E-state index contributed by atoms with van der Waals surface area (Å²) in [5.74, 6) is 2.29. The fraction of sp³-hybridized carbons (Fsp3) is 0.556. The molecule has 1 saturated carbocycles. The molecule has 14 heavy (non-hydrogen) atoms. The molecule has 76 valence electrons. The van der Waals surface area contributed by atoms with Crippen molar-refractivity contribution in [3.63, 3.8) is 0 Å². The van der Waals surface area contributed by atoms with Gasteiger partial charge >= 0.3 is 0 Å². The average molecular weight is 193 g/mol. The summed E-state index contributed by atoms with van der Waals surface area (Å²) in [7, 11) is 2.00. The molecule has 0 saturated heterocycles. The zero-order valence-corrected chi connectivity index (χ0v) is 8.27. The molecule has 0 unspecified atom stereocenters. The van der Waals surface area contributed by atoms with Crippen LogP contribution in [0.25, 0.3) is 0 Å². The molecule has 4 N–H and O–H groups in total. The molecule has 5 heteroatoms. The third kappa shape index (κ3) is 2.04. The molecular formula is C9H15N5. The first-order valence-corrected chi connectivity index (χ1v) is 4.76. The van der Waals surface area contributed by atoms with Crippen LogP contribution in [0.3, 0.4) is 0 Å². The third-order valence-corrected chi connectivity index (χ3v) is 2.37. The summed E-state index contributed by atoms with van der Waals surface area (Å²) in [6.45, 7) is 1.02. The Kier molecular flexibility index (Phi) is 2.15. The number of rotatable bonds is 3. The molecule has 0 spiro atoms. The van der Waals surface area contributed by atoms with Crippen LogP contribution in [0.4, 0.5) is 17.6 Å². The molecule has 0 bridgehead atoms. The van der Waals surface area contributed by atoms with Gasteiger partial charge in [-0.3, -0.25) is 0 Å². The van der Waals surface area contributed by atoms with Crippen molar-refractivity contribution in [3.8, 4) is 0 Å². The quantitative estimate of drug-likeness (QED) is 0.730. The predicted octanol–water partition coefficient (Wildman–Crippen LogP) is 0.487. The highest BCUT2D eigenvalue weighted by molar-refractivity contribution is 5.49. The highest BCUT2D eigenvalue weighted by Gasteiger charge is 2.23. The second-order valence-electron chi connectivity index (χ2n) is 3.83. The number of anilines is 3. The SMILES string of the molecule is CN(CC1CC1)c1cc(N)nc(N)n1. The molecule has 0 aliphatic heterocycles. The summed E-state index contributed by atoms with van der Waals surface area (Å²) in [6, 6.07) is 1.75. The zero-order valence-electron chi connectivity index (χ0n) is 8.27. The lowest BCUT2D eigenvalue weighted by Crippen LogP contribution is -2.21. The van der Waals surface area contributed by atoms with E-state index in [0.29, 0.717) is 5.82 Å². The number of nitrogens with zero attached hydrogens (tertiary/aromatic N) is 3. The topological polar surface area (TPSA) is 81.1 Å². The first-order chi connectivity index (χ1) is 6.65. The Morgan fingerprint density at radius 3 is 2.71 bits per heavy atom. The summed E-state index contributed by atoms with van der Waals surface area (Å²) in [4.78, 5) is 10.0. The van der Waals surface area contributed by atoms with E-state index in [1.54, 1.807) is 6.07 Å². The Labute approximate surface area is 83.1 Å². The van der Waals surface area contributed by atoms with Crippen LogP contribution in [-0.4, -0.2) is 23.6 Å². The van der Waals surface area contributed by atoms with E-state index >= 15 is 0 Å². The standard InChI is InChI=1S/C9H15N5/c1-14(5-6-2-3-6)8-4-7(10)12-9(11)13-8/h4,6H,2-3,5H2,1H3,(H4,10,11,12,13). The molecule has 1 aromatic heterocycles. The van der Waals surface area contributed by atoms with E-state index in [-0.39, 0.29) is 5.95 Å². The normalized spacial score (nSPS) is 15.5. The van der Waals surface area contributed by atoms with Gasteiger partial charge in [-0.1, -0.05) is 0 Å². The van der Waals surface area contributed by atoms with Gasteiger partial charge in [-0.05, 0) is 18.8 Å². The Morgan fingerprint density at radius 2 is 2.14 bits per heavy atom. The van der Waals surface area contributed by atoms with Crippen LogP contribution in [0.1, 0.15) is 12.8 Å². The van der Waals surface area contributed by atoms with E-state index in [4.69, 9.17) is 11.5 Å². The van der Waals surface area contributed by atoms with E-state index in [0.717, 1.165) is 18.3 Å². The molecule has 1 heterocycles. The third-order valence-electron chi connectivity index (χ3n) is 2.37. The smallest absolute Gasteiger partial charge is 0.223 e. The molecule has 0 radical (unpaired) electrons. The minimum absolute atomic E-state index is 0.239. The van der Waals surface area contributed by atoms with Crippen molar-refractivity contribution in [1.82, 2.24) is 9.97 Å². The number of nitrogen functional groups attached to an aromatic ring is 2. The molecule has 5 nitrogen and oxygen atoms in total. The van der Waals surface area contributed by atoms with Crippen LogP contribution in [0.2, 0.25) is 0 Å². The Hall–Kier alpha value is -1.52. The maximum atomic E-state index is 5.59. The van der Waals surface area contributed by atoms with E-state index in [1.807, 2.05) is 7.05 Å². The van der Waals surface area contributed by atoms with Crippen molar-refractivity contribution in [2.75, 3.05) is 30.0 Å². The minimum atomic E-state index is 0.239. The summed E-state index contributed by atoms with van der Waals surface area (Å²) < 4.78 is 0. The summed E-state index contributed by atoms with van der Waals surface area (Å²) in [5, 5.41) is 0. The van der Waals surface area contributed by atoms with Crippen LogP contribution in [-0.2, 0) is 0 Å². The van der Waals surface area contributed by atoms with E-state index in [9.17, 15) is 0 Å². The van der Waals surface area contributed by atoms with Gasteiger partial charge in [0.2, 0.25) is 5.95 Å². The lowest BCUT2D eigenvalue weighted by molar-refractivity contribution is 0.777. The van der Waals surface area contributed by atoms with Crippen LogP contribution in [0.5, 0.6) is 0 Å². The molecule has 0 aromatic carbocycles. The van der Waals surface area contributed by atoms with Gasteiger partial charge in [0.1, 0.15) is 11.6 Å². The average Bonchev–Trinajstić information content (AvgIpc) is 2.86. The lowest BCUT2D eigenvalue weighted by atomic mass is 10.4. The monoisotopic (exact) mass is 193 g/mol. The molecule has 1 aromatic rings. The first kappa shape index (κ1) is 9.05. The Bertz CT molecular complexity index is 314. The molecule has 1 aliphatic rings. The van der Waals surface area contributed by atoms with Crippen molar-refractivity contribution in [2.45, 2.75) is 12.8 Å². The largest absolute Gasteiger partial charge is 0.383 e. The van der Waals surface area contributed by atoms with Gasteiger partial charge in [0, 0.05) is 19.7 Å². The van der Waals surface area contributed by atoms with E-state index in [2.05, 4.69) is 14.9 Å². The number of nitrogens with two attached hydrogens (primary N) is 2. The molecule has 0 atom stereocenters. The van der Waals surface area contributed by atoms with Crippen molar-refractivity contribution in [3.05, 3.63) is 6.07 Å². The van der Waals surface area contributed by atoms with Gasteiger partial charge in [0.05, 0.1) is 0 Å². The van der Waals surface area contributed by atoms with Crippen LogP contribution in [0, 0.1) is 5.92 Å². The van der Waals surface area contributed by atoms with Crippen LogP contribution >= 0.6 is 0 Å². The van der Waals surface area contributed by atoms with Gasteiger partial charge in [-0.2, -0.15) is 9.97 Å². The van der Waals surface area contributed by atoms with Crippen molar-refractivity contribution >= 4 is 17.6 Å². The predicted molar refractivity (Wildman–Crippen MR) is 56.9 cm³/mol. The zero-order chi connectivity index (χ0) is 10.1. The van der Waals surface area contributed by atoms with Gasteiger partial charge in [-0.25, -0.2) is 0 Å². The van der Waals surface area contributed by atoms with Crippen molar-refractivity contribution < 1.29 is 0 Å². The summed E-state index contributed by atoms with van der Waals surface area (Å²) in [5.41, 5.74) is 11.1. The second-order valence-corrected chi connectivity index (χ2v) is 3.83. The molecule has 0 amide bonds. The lowest BCUT2D eigenvalue weighted by Gasteiger charge is -2.17. The first-order valence-electron chi connectivity index (χ1n) is 4.76. The van der Waals surface area contributed by atoms with Gasteiger partial charge in [0.25, 0.3) is 0 Å². The number of aromatic nitrogens is 2. The van der Waals surface area contributed by atoms with Gasteiger partial charge in [0.15, 0.2) is 0 Å². The minimum Gasteiger partial charge on any atom is -0.383 e. The maximum Gasteiger partial charge on any atom is 0.223 e. The van der Waals surface area contributed by atoms with Gasteiger partial charge in [-0.15, -0.1) is 0 Å². The molecule has 1 aliphatic carbocycles. The van der Waals surface area contributed by atoms with Crippen molar-refractivity contribution in [1.29, 1.82) is 0 Å². The van der Waals surface area contributed by atoms with E-state index < -0.39 is 0 Å². The Balaban J connectivity index is 2.12. The molecule has 2 rings (SSSR count). The Morgan fingerprint density at radius 1 is 1.43 bits per heavy atom. The second kappa shape index (κ2) is 3.32. The molecular weight excluding hydrogens is 178 g/mol. The fourth-order valence-corrected chi connectivity index (χ4v) is 1.45. The summed E-state index contributed by atoms with van der Waals surface area (Å²) >= 11 is 0. The number of hydrogen-bond donors (Lipinski definition) is 2. The highest BCUT2D eigenvalue weighted by atomic mass is 15.2. The molecule has 1 fully saturated rings. The summed E-state index contributed by atoms with van der Waals surface area (Å²) in [6.07, 6.45) is 2.64. The highest BCUT2D eigenvalue weighted by Crippen LogP contribution is 2.30. The number of hydrogen-bond acceptors (Lipinski definition) is 5. The van der Waals surface area contributed by atoms with Crippen LogP contribution < -0.4 is 16.4 Å². The van der Waals surface area contributed by atoms with Crippen LogP contribution in [0.15, 0.2) is 6.07 Å². The van der Waals surface area contributed by atoms with Crippen molar-refractivity contribution in [2.24, 2.45) is 5.92 Å².